The number of anilines is 1. The number of sulfonamides is 1. The summed E-state index contributed by atoms with van der Waals surface area (Å²) in [5, 5.41) is 16.0. The minimum absolute atomic E-state index is 0.200. The molecule has 1 unspecified atom stereocenters. The Hall–Kier alpha value is -3.44. The third-order valence-electron chi connectivity index (χ3n) is 6.27. The van der Waals surface area contributed by atoms with E-state index in [0.717, 1.165) is 49.9 Å². The van der Waals surface area contributed by atoms with Crippen LogP contribution >= 0.6 is 0 Å². The Morgan fingerprint density at radius 3 is 2.47 bits per heavy atom. The number of nitrogens with one attached hydrogen (secondary N) is 2. The Labute approximate surface area is 210 Å². The van der Waals surface area contributed by atoms with Gasteiger partial charge in [-0.3, -0.25) is 4.72 Å². The van der Waals surface area contributed by atoms with Crippen molar-refractivity contribution in [1.82, 2.24) is 20.4 Å². The lowest BCUT2D eigenvalue weighted by Gasteiger charge is -2.31. The van der Waals surface area contributed by atoms with Crippen molar-refractivity contribution in [2.45, 2.75) is 37.6 Å². The normalized spacial score (nSPS) is 15.9. The average Bonchev–Trinajstić information content (AvgIpc) is 3.31. The summed E-state index contributed by atoms with van der Waals surface area (Å²) >= 11 is 0. The smallest absolute Gasteiger partial charge is 0.405 e. The fraction of sp³-hybridized carbons (Fsp3) is 0.400. The maximum atomic E-state index is 11.3. The zero-order valence-electron chi connectivity index (χ0n) is 20.1. The molecule has 1 saturated heterocycles. The first-order valence-electron chi connectivity index (χ1n) is 11.9. The lowest BCUT2D eigenvalue weighted by molar-refractivity contribution is 0.175. The fourth-order valence-electron chi connectivity index (χ4n) is 4.46. The van der Waals surface area contributed by atoms with Gasteiger partial charge in [0.1, 0.15) is 0 Å². The Morgan fingerprint density at radius 1 is 1.14 bits per heavy atom. The van der Waals surface area contributed by atoms with Crippen molar-refractivity contribution in [3.05, 3.63) is 77.4 Å². The van der Waals surface area contributed by atoms with Crippen LogP contribution in [0.25, 0.3) is 0 Å². The molecule has 0 bridgehead atoms. The summed E-state index contributed by atoms with van der Waals surface area (Å²) in [6.45, 7) is 2.56. The largest absolute Gasteiger partial charge is 0.465 e. The maximum absolute atomic E-state index is 11.3. The highest BCUT2D eigenvalue weighted by Gasteiger charge is 2.26. The van der Waals surface area contributed by atoms with Crippen molar-refractivity contribution < 1.29 is 22.8 Å². The highest BCUT2D eigenvalue weighted by Crippen LogP contribution is 2.28. The van der Waals surface area contributed by atoms with Gasteiger partial charge in [0, 0.05) is 24.6 Å². The Morgan fingerprint density at radius 2 is 1.83 bits per heavy atom. The number of likely N-dealkylation sites (tertiary alicyclic amines) is 1. The maximum Gasteiger partial charge on any atom is 0.405 e. The third kappa shape index (κ3) is 7.53. The number of benzene rings is 2. The van der Waals surface area contributed by atoms with Crippen molar-refractivity contribution in [2.24, 2.45) is 0 Å². The van der Waals surface area contributed by atoms with Crippen LogP contribution in [0.1, 0.15) is 54.1 Å². The van der Waals surface area contributed by atoms with E-state index in [1.165, 1.54) is 0 Å². The van der Waals surface area contributed by atoms with Gasteiger partial charge >= 0.3 is 6.09 Å². The van der Waals surface area contributed by atoms with E-state index >= 15 is 0 Å². The van der Waals surface area contributed by atoms with Crippen molar-refractivity contribution in [3.8, 4) is 0 Å². The average molecular weight is 514 g/mol. The van der Waals surface area contributed by atoms with E-state index in [4.69, 9.17) is 4.52 Å². The van der Waals surface area contributed by atoms with E-state index < -0.39 is 16.1 Å². The van der Waals surface area contributed by atoms with Crippen molar-refractivity contribution in [2.75, 3.05) is 30.6 Å². The molecular weight excluding hydrogens is 482 g/mol. The molecule has 1 aromatic heterocycles. The Balaban J connectivity index is 1.26. The van der Waals surface area contributed by atoms with Gasteiger partial charge in [0.2, 0.25) is 15.9 Å². The van der Waals surface area contributed by atoms with Crippen LogP contribution in [0.3, 0.4) is 0 Å². The van der Waals surface area contributed by atoms with Crippen LogP contribution < -0.4 is 10.0 Å². The molecule has 3 N–H and O–H groups in total. The number of rotatable bonds is 10. The van der Waals surface area contributed by atoms with E-state index in [0.29, 0.717) is 30.2 Å². The summed E-state index contributed by atoms with van der Waals surface area (Å²) in [6, 6.07) is 16.5. The molecule has 0 radical (unpaired) electrons. The highest BCUT2D eigenvalue weighted by molar-refractivity contribution is 7.92. The van der Waals surface area contributed by atoms with Crippen LogP contribution in [0.2, 0.25) is 0 Å². The van der Waals surface area contributed by atoms with Gasteiger partial charge in [0.05, 0.1) is 12.3 Å². The summed E-state index contributed by atoms with van der Waals surface area (Å²) in [6.07, 6.45) is 3.09. The quantitative estimate of drug-likeness (QED) is 0.374. The summed E-state index contributed by atoms with van der Waals surface area (Å²) in [5.74, 6) is 1.45. The first kappa shape index (κ1) is 25.6. The molecule has 3 aromatic rings. The first-order chi connectivity index (χ1) is 17.2. The lowest BCUT2D eigenvalue weighted by Crippen LogP contribution is -2.36. The molecule has 11 heteroatoms. The molecule has 1 aliphatic rings. The molecule has 1 fully saturated rings. The molecule has 1 aliphatic heterocycles. The number of carboxylic acid groups (broad SMARTS) is 1. The van der Waals surface area contributed by atoms with Crippen molar-refractivity contribution in [1.29, 1.82) is 0 Å². The predicted octanol–water partition coefficient (Wildman–Crippen LogP) is 3.61. The molecule has 1 atom stereocenters. The third-order valence-corrected chi connectivity index (χ3v) is 6.88. The van der Waals surface area contributed by atoms with E-state index in [2.05, 4.69) is 25.1 Å². The van der Waals surface area contributed by atoms with Gasteiger partial charge in [-0.2, -0.15) is 4.98 Å². The minimum atomic E-state index is -3.31. The van der Waals surface area contributed by atoms with Crippen LogP contribution in [0.4, 0.5) is 10.5 Å². The first-order valence-corrected chi connectivity index (χ1v) is 13.8. The van der Waals surface area contributed by atoms with Crippen LogP contribution in [0.15, 0.2) is 59.1 Å². The second-order valence-electron chi connectivity index (χ2n) is 9.11. The number of nitrogens with zero attached hydrogens (tertiary/aromatic N) is 3. The van der Waals surface area contributed by atoms with Gasteiger partial charge in [-0.15, -0.1) is 0 Å². The zero-order valence-corrected chi connectivity index (χ0v) is 20.9. The Kier molecular flexibility index (Phi) is 8.21. The van der Waals surface area contributed by atoms with Crippen LogP contribution in [-0.2, 0) is 16.4 Å². The van der Waals surface area contributed by atoms with E-state index in [1.807, 2.05) is 42.5 Å². The van der Waals surface area contributed by atoms with E-state index in [1.54, 1.807) is 12.1 Å². The number of piperidine rings is 1. The molecule has 0 saturated carbocycles. The van der Waals surface area contributed by atoms with Crippen molar-refractivity contribution in [3.63, 3.8) is 0 Å². The summed E-state index contributed by atoms with van der Waals surface area (Å²) < 4.78 is 30.7. The molecule has 36 heavy (non-hydrogen) atoms. The molecule has 4 rings (SSSR count). The number of carbonyl (C=O) groups is 1. The molecule has 0 spiro atoms. The second-order valence-corrected chi connectivity index (χ2v) is 10.9. The zero-order chi connectivity index (χ0) is 25.5. The molecular formula is C25H31N5O5S. The van der Waals surface area contributed by atoms with Crippen LogP contribution in [0, 0.1) is 0 Å². The number of aromatic nitrogens is 2. The van der Waals surface area contributed by atoms with E-state index in [9.17, 15) is 18.3 Å². The molecule has 192 valence electrons. The van der Waals surface area contributed by atoms with Gasteiger partial charge < -0.3 is 19.8 Å². The number of amides is 1. The molecule has 2 aromatic carbocycles. The predicted molar refractivity (Wildman–Crippen MR) is 135 cm³/mol. The van der Waals surface area contributed by atoms with Crippen LogP contribution in [-0.4, -0.2) is 60.5 Å². The van der Waals surface area contributed by atoms with E-state index in [-0.39, 0.29) is 12.0 Å². The summed E-state index contributed by atoms with van der Waals surface area (Å²) in [5.41, 5.74) is 2.43. The van der Waals surface area contributed by atoms with Gasteiger partial charge in [-0.25, -0.2) is 13.2 Å². The SMILES string of the molecule is CS(=O)(=O)Nc1ccc(Cc2noc(C3CCN(CCC(NC(=O)O)c4ccccc4)CC3)n2)cc1. The van der Waals surface area contributed by atoms with Gasteiger partial charge in [-0.1, -0.05) is 47.6 Å². The second kappa shape index (κ2) is 11.5. The number of hydrogen-bond acceptors (Lipinski definition) is 7. The van der Waals surface area contributed by atoms with Crippen molar-refractivity contribution >= 4 is 21.8 Å². The molecule has 2 heterocycles. The molecule has 1 amide bonds. The van der Waals surface area contributed by atoms with Crippen LogP contribution in [0.5, 0.6) is 0 Å². The lowest BCUT2D eigenvalue weighted by atomic mass is 9.96. The topological polar surface area (TPSA) is 138 Å². The summed E-state index contributed by atoms with van der Waals surface area (Å²) in [7, 11) is -3.31. The summed E-state index contributed by atoms with van der Waals surface area (Å²) in [4.78, 5) is 18.2. The standard InChI is InChI=1S/C25H31N5O5S/c1-36(33,34)29-21-9-7-18(8-10-21)17-23-27-24(35-28-23)20-11-14-30(15-12-20)16-13-22(26-25(31)32)19-5-3-2-4-6-19/h2-10,20,22,26,29H,11-17H2,1H3,(H,31,32). The Bertz CT molecular complexity index is 1240. The number of hydrogen-bond donors (Lipinski definition) is 3. The highest BCUT2D eigenvalue weighted by atomic mass is 32.2. The van der Waals surface area contributed by atoms with Gasteiger partial charge in [0.15, 0.2) is 5.82 Å². The fourth-order valence-corrected chi connectivity index (χ4v) is 5.03. The monoisotopic (exact) mass is 513 g/mol. The molecule has 10 nitrogen and oxygen atoms in total. The minimum Gasteiger partial charge on any atom is -0.465 e. The molecule has 0 aliphatic carbocycles. The van der Waals surface area contributed by atoms with Gasteiger partial charge in [0.25, 0.3) is 0 Å². The van der Waals surface area contributed by atoms with Gasteiger partial charge in [-0.05, 0) is 55.6 Å².